The first-order chi connectivity index (χ1) is 12.2. The van der Waals surface area contributed by atoms with Gasteiger partial charge in [0.25, 0.3) is 0 Å². The number of benzene rings is 1. The summed E-state index contributed by atoms with van der Waals surface area (Å²) in [5.74, 6) is -0.889. The van der Waals surface area contributed by atoms with Gasteiger partial charge in [0.15, 0.2) is 17.5 Å². The fraction of sp³-hybridized carbons (Fsp3) is 0.389. The fourth-order valence-corrected chi connectivity index (χ4v) is 3.12. The van der Waals surface area contributed by atoms with Gasteiger partial charge in [-0.2, -0.15) is 20.2 Å². The molecular weight excluding hydrogens is 316 g/mol. The number of nitrogens with one attached hydrogen (secondary N) is 1. The fourth-order valence-electron chi connectivity index (χ4n) is 3.12. The number of rotatable bonds is 5. The molecule has 0 spiro atoms. The van der Waals surface area contributed by atoms with Gasteiger partial charge in [0.2, 0.25) is 11.9 Å². The Hall–Kier alpha value is -3.01. The summed E-state index contributed by atoms with van der Waals surface area (Å²) in [7, 11) is 0. The summed E-state index contributed by atoms with van der Waals surface area (Å²) in [5, 5.41) is 12.5. The highest BCUT2D eigenvalue weighted by atomic mass is 16.1. The van der Waals surface area contributed by atoms with Gasteiger partial charge in [-0.3, -0.25) is 4.79 Å². The van der Waals surface area contributed by atoms with Crippen LogP contribution in [0.2, 0.25) is 0 Å². The minimum Gasteiger partial charge on any atom is -0.368 e. The van der Waals surface area contributed by atoms with Crippen LogP contribution in [0.4, 0.5) is 17.6 Å². The van der Waals surface area contributed by atoms with E-state index in [4.69, 9.17) is 5.73 Å². The molecule has 1 atom stereocenters. The monoisotopic (exact) mass is 336 g/mol. The minimum absolute atomic E-state index is 0.0138. The van der Waals surface area contributed by atoms with Crippen molar-refractivity contribution in [2.45, 2.75) is 38.0 Å². The second-order valence-corrected chi connectivity index (χ2v) is 6.17. The molecule has 1 aliphatic carbocycles. The predicted octanol–water partition coefficient (Wildman–Crippen LogP) is 2.95. The van der Waals surface area contributed by atoms with E-state index >= 15 is 0 Å². The van der Waals surface area contributed by atoms with Crippen molar-refractivity contribution in [1.82, 2.24) is 15.0 Å². The lowest BCUT2D eigenvalue weighted by atomic mass is 9.82. The molecule has 2 aromatic rings. The first-order valence-electron chi connectivity index (χ1n) is 8.44. The Morgan fingerprint density at radius 1 is 1.16 bits per heavy atom. The molecule has 0 aliphatic heterocycles. The lowest BCUT2D eigenvalue weighted by Crippen LogP contribution is -2.25. The number of nitrogens with zero attached hydrogens (tertiary/aromatic N) is 4. The molecule has 1 saturated carbocycles. The maximum Gasteiger partial charge on any atom is 0.232 e. The summed E-state index contributed by atoms with van der Waals surface area (Å²) in [6.45, 7) is 0. The summed E-state index contributed by atoms with van der Waals surface area (Å²) >= 11 is 0. The molecule has 0 unspecified atom stereocenters. The van der Waals surface area contributed by atoms with Crippen LogP contribution in [0.1, 0.15) is 43.8 Å². The van der Waals surface area contributed by atoms with Crippen molar-refractivity contribution in [3.8, 4) is 6.07 Å². The Morgan fingerprint density at radius 3 is 2.56 bits per heavy atom. The quantitative estimate of drug-likeness (QED) is 0.861. The number of para-hydroxylation sites is 1. The number of aromatic nitrogens is 3. The third kappa shape index (κ3) is 4.10. The highest BCUT2D eigenvalue weighted by Crippen LogP contribution is 2.29. The van der Waals surface area contributed by atoms with Gasteiger partial charge in [-0.15, -0.1) is 0 Å². The zero-order valence-electron chi connectivity index (χ0n) is 13.9. The summed E-state index contributed by atoms with van der Waals surface area (Å²) in [6, 6.07) is 11.4. The standard InChI is InChI=1S/C18H20N6O/c19-11-14(15(25)12-7-3-1-4-8-12)16-22-17(20)24-18(23-16)21-13-9-5-2-6-10-13/h2,5-6,9-10,12,14H,1,3-4,7-8H2,(H3,20,21,22,23,24)/t14-/m0/s1. The molecule has 3 N–H and O–H groups in total. The highest BCUT2D eigenvalue weighted by Gasteiger charge is 2.31. The number of nitrogens with two attached hydrogens (primary N) is 1. The second kappa shape index (κ2) is 7.71. The van der Waals surface area contributed by atoms with Crippen molar-refractivity contribution >= 4 is 23.4 Å². The van der Waals surface area contributed by atoms with E-state index in [1.165, 1.54) is 0 Å². The van der Waals surface area contributed by atoms with E-state index in [1.54, 1.807) is 0 Å². The van der Waals surface area contributed by atoms with Crippen molar-refractivity contribution < 1.29 is 4.79 Å². The summed E-state index contributed by atoms with van der Waals surface area (Å²) in [4.78, 5) is 25.1. The van der Waals surface area contributed by atoms with Crippen molar-refractivity contribution in [1.29, 1.82) is 5.26 Å². The molecule has 1 heterocycles. The number of Topliss-reactive ketones (excluding diaryl/α,β-unsaturated/α-hetero) is 1. The molecule has 0 bridgehead atoms. The van der Waals surface area contributed by atoms with Crippen LogP contribution in [0.25, 0.3) is 0 Å². The molecule has 7 nitrogen and oxygen atoms in total. The topological polar surface area (TPSA) is 118 Å². The molecular formula is C18H20N6O. The van der Waals surface area contributed by atoms with Crippen LogP contribution < -0.4 is 11.1 Å². The van der Waals surface area contributed by atoms with Crippen LogP contribution in [0.3, 0.4) is 0 Å². The van der Waals surface area contributed by atoms with E-state index < -0.39 is 5.92 Å². The van der Waals surface area contributed by atoms with Gasteiger partial charge in [0.1, 0.15) is 0 Å². The number of nitriles is 1. The number of carbonyl (C=O) groups excluding carboxylic acids is 1. The number of ketones is 1. The highest BCUT2D eigenvalue weighted by molar-refractivity contribution is 5.89. The first kappa shape index (κ1) is 16.8. The van der Waals surface area contributed by atoms with Gasteiger partial charge < -0.3 is 11.1 Å². The third-order valence-corrected chi connectivity index (χ3v) is 4.38. The molecule has 0 amide bonds. The molecule has 7 heteroatoms. The lowest BCUT2D eigenvalue weighted by Gasteiger charge is -2.22. The molecule has 1 fully saturated rings. The van der Waals surface area contributed by atoms with E-state index in [0.29, 0.717) is 0 Å². The zero-order chi connectivity index (χ0) is 17.6. The van der Waals surface area contributed by atoms with E-state index in [1.807, 2.05) is 36.4 Å². The molecule has 128 valence electrons. The summed E-state index contributed by atoms with van der Waals surface area (Å²) in [6.07, 6.45) is 4.84. The summed E-state index contributed by atoms with van der Waals surface area (Å²) < 4.78 is 0. The van der Waals surface area contributed by atoms with Crippen LogP contribution in [-0.4, -0.2) is 20.7 Å². The van der Waals surface area contributed by atoms with Gasteiger partial charge in [-0.1, -0.05) is 37.5 Å². The molecule has 1 aromatic heterocycles. The third-order valence-electron chi connectivity index (χ3n) is 4.38. The van der Waals surface area contributed by atoms with Gasteiger partial charge in [-0.25, -0.2) is 0 Å². The van der Waals surface area contributed by atoms with Crippen molar-refractivity contribution in [2.24, 2.45) is 5.92 Å². The van der Waals surface area contributed by atoms with Crippen LogP contribution >= 0.6 is 0 Å². The molecule has 1 aromatic carbocycles. The Kier molecular flexibility index (Phi) is 5.19. The second-order valence-electron chi connectivity index (χ2n) is 6.17. The number of hydrogen-bond acceptors (Lipinski definition) is 7. The number of carbonyl (C=O) groups is 1. The lowest BCUT2D eigenvalue weighted by molar-refractivity contribution is -0.124. The molecule has 0 radical (unpaired) electrons. The molecule has 25 heavy (non-hydrogen) atoms. The smallest absolute Gasteiger partial charge is 0.232 e. The van der Waals surface area contributed by atoms with Crippen LogP contribution in [0.5, 0.6) is 0 Å². The van der Waals surface area contributed by atoms with Gasteiger partial charge in [0.05, 0.1) is 6.07 Å². The average Bonchev–Trinajstić information content (AvgIpc) is 2.63. The number of anilines is 3. The summed E-state index contributed by atoms with van der Waals surface area (Å²) in [5.41, 5.74) is 6.54. The number of hydrogen-bond donors (Lipinski definition) is 2. The van der Waals surface area contributed by atoms with Crippen molar-refractivity contribution in [3.05, 3.63) is 36.2 Å². The van der Waals surface area contributed by atoms with E-state index in [9.17, 15) is 10.1 Å². The van der Waals surface area contributed by atoms with Gasteiger partial charge >= 0.3 is 0 Å². The van der Waals surface area contributed by atoms with Crippen LogP contribution in [0, 0.1) is 17.2 Å². The Morgan fingerprint density at radius 2 is 1.88 bits per heavy atom. The molecule has 3 rings (SSSR count). The Bertz CT molecular complexity index is 780. The normalized spacial score (nSPS) is 16.0. The van der Waals surface area contributed by atoms with E-state index in [-0.39, 0.29) is 29.4 Å². The average molecular weight is 336 g/mol. The first-order valence-corrected chi connectivity index (χ1v) is 8.44. The Balaban J connectivity index is 1.84. The minimum atomic E-state index is -1.01. The predicted molar refractivity (Wildman–Crippen MR) is 93.9 cm³/mol. The largest absolute Gasteiger partial charge is 0.368 e. The zero-order valence-corrected chi connectivity index (χ0v) is 13.9. The van der Waals surface area contributed by atoms with Crippen LogP contribution in [-0.2, 0) is 4.79 Å². The van der Waals surface area contributed by atoms with Crippen LogP contribution in [0.15, 0.2) is 30.3 Å². The SMILES string of the molecule is N#C[C@@H](C(=O)C1CCCCC1)c1nc(N)nc(Nc2ccccc2)n1. The maximum absolute atomic E-state index is 12.7. The van der Waals surface area contributed by atoms with Gasteiger partial charge in [0, 0.05) is 11.6 Å². The van der Waals surface area contributed by atoms with E-state index in [0.717, 1.165) is 37.8 Å². The Labute approximate surface area is 146 Å². The van der Waals surface area contributed by atoms with Crippen molar-refractivity contribution in [3.63, 3.8) is 0 Å². The maximum atomic E-state index is 12.7. The molecule has 1 aliphatic rings. The van der Waals surface area contributed by atoms with Gasteiger partial charge in [-0.05, 0) is 25.0 Å². The van der Waals surface area contributed by atoms with Crippen molar-refractivity contribution in [2.75, 3.05) is 11.1 Å². The number of nitrogen functional groups attached to an aromatic ring is 1. The molecule has 0 saturated heterocycles. The van der Waals surface area contributed by atoms with E-state index in [2.05, 4.69) is 20.3 Å².